The zero-order chi connectivity index (χ0) is 13.7. The predicted octanol–water partition coefficient (Wildman–Crippen LogP) is 3.47. The average molecular weight is 296 g/mol. The molecule has 0 bridgehead atoms. The quantitative estimate of drug-likeness (QED) is 0.858. The highest BCUT2D eigenvalue weighted by Crippen LogP contribution is 2.22. The number of aliphatic carboxylic acids is 1. The van der Waals surface area contributed by atoms with Gasteiger partial charge in [0.1, 0.15) is 12.4 Å². The SMILES string of the molecule is O=C(O)C=Cc1ccc(OCc2ccc(Cl)s2)cn1. The number of carboxylic acid groups (broad SMARTS) is 1. The molecule has 0 spiro atoms. The van der Waals surface area contributed by atoms with Crippen LogP contribution in [-0.2, 0) is 11.4 Å². The Morgan fingerprint density at radius 2 is 2.26 bits per heavy atom. The normalized spacial score (nSPS) is 10.8. The molecule has 0 saturated carbocycles. The number of ether oxygens (including phenoxy) is 1. The predicted molar refractivity (Wildman–Crippen MR) is 74.6 cm³/mol. The molecule has 0 aliphatic carbocycles. The number of halogens is 1. The fourth-order valence-corrected chi connectivity index (χ4v) is 2.32. The highest BCUT2D eigenvalue weighted by atomic mass is 35.5. The minimum atomic E-state index is -1.00. The Bertz CT molecular complexity index is 592. The molecule has 2 rings (SSSR count). The van der Waals surface area contributed by atoms with Crippen LogP contribution in [-0.4, -0.2) is 16.1 Å². The lowest BCUT2D eigenvalue weighted by molar-refractivity contribution is -0.131. The molecule has 0 aliphatic rings. The maximum absolute atomic E-state index is 10.4. The molecule has 19 heavy (non-hydrogen) atoms. The van der Waals surface area contributed by atoms with Crippen LogP contribution < -0.4 is 4.74 Å². The Hall–Kier alpha value is -1.85. The lowest BCUT2D eigenvalue weighted by atomic mass is 10.3. The van der Waals surface area contributed by atoms with Gasteiger partial charge in [0.15, 0.2) is 0 Å². The van der Waals surface area contributed by atoms with E-state index in [2.05, 4.69) is 4.98 Å². The van der Waals surface area contributed by atoms with E-state index in [1.165, 1.54) is 17.4 Å². The summed E-state index contributed by atoms with van der Waals surface area (Å²) in [5.41, 5.74) is 0.564. The molecule has 2 heterocycles. The van der Waals surface area contributed by atoms with Gasteiger partial charge in [-0.05, 0) is 30.3 Å². The number of aromatic nitrogens is 1. The molecule has 2 aromatic heterocycles. The summed E-state index contributed by atoms with van der Waals surface area (Å²) in [6.07, 6.45) is 4.01. The van der Waals surface area contributed by atoms with Gasteiger partial charge < -0.3 is 9.84 Å². The van der Waals surface area contributed by atoms with Gasteiger partial charge in [-0.3, -0.25) is 4.98 Å². The average Bonchev–Trinajstić information content (AvgIpc) is 2.81. The van der Waals surface area contributed by atoms with E-state index in [9.17, 15) is 4.79 Å². The highest BCUT2D eigenvalue weighted by molar-refractivity contribution is 7.16. The van der Waals surface area contributed by atoms with Crippen molar-refractivity contribution < 1.29 is 14.6 Å². The Kier molecular flexibility index (Phi) is 4.54. The van der Waals surface area contributed by atoms with Crippen LogP contribution in [0, 0.1) is 0 Å². The van der Waals surface area contributed by atoms with Gasteiger partial charge in [-0.2, -0.15) is 0 Å². The molecule has 1 N–H and O–H groups in total. The van der Waals surface area contributed by atoms with Gasteiger partial charge in [0.05, 0.1) is 16.2 Å². The molecule has 0 amide bonds. The fraction of sp³-hybridized carbons (Fsp3) is 0.0769. The van der Waals surface area contributed by atoms with E-state index in [-0.39, 0.29) is 0 Å². The summed E-state index contributed by atoms with van der Waals surface area (Å²) >= 11 is 7.28. The minimum Gasteiger partial charge on any atom is -0.486 e. The topological polar surface area (TPSA) is 59.4 Å². The van der Waals surface area contributed by atoms with Crippen LogP contribution >= 0.6 is 22.9 Å². The third-order valence-electron chi connectivity index (χ3n) is 2.17. The molecule has 0 saturated heterocycles. The van der Waals surface area contributed by atoms with Crippen LogP contribution in [0.15, 0.2) is 36.5 Å². The molecule has 0 unspecified atom stereocenters. The summed E-state index contributed by atoms with van der Waals surface area (Å²) in [6.45, 7) is 0.434. The van der Waals surface area contributed by atoms with Gasteiger partial charge in [0.25, 0.3) is 0 Å². The van der Waals surface area contributed by atoms with E-state index in [1.807, 2.05) is 12.1 Å². The van der Waals surface area contributed by atoms with Crippen LogP contribution in [0.1, 0.15) is 10.6 Å². The Balaban J connectivity index is 1.93. The number of nitrogens with zero attached hydrogens (tertiary/aromatic N) is 1. The maximum Gasteiger partial charge on any atom is 0.328 e. The lowest BCUT2D eigenvalue weighted by Gasteiger charge is -2.03. The molecule has 0 aromatic carbocycles. The van der Waals surface area contributed by atoms with Crippen molar-refractivity contribution in [3.05, 3.63) is 51.4 Å². The highest BCUT2D eigenvalue weighted by Gasteiger charge is 2.00. The van der Waals surface area contributed by atoms with Crippen LogP contribution in [0.25, 0.3) is 6.08 Å². The first-order chi connectivity index (χ1) is 9.13. The summed E-state index contributed by atoms with van der Waals surface area (Å²) < 4.78 is 6.26. The Labute approximate surface area is 118 Å². The third-order valence-corrected chi connectivity index (χ3v) is 3.37. The zero-order valence-electron chi connectivity index (χ0n) is 9.75. The second-order valence-electron chi connectivity index (χ2n) is 3.58. The van der Waals surface area contributed by atoms with Crippen LogP contribution in [0.3, 0.4) is 0 Å². The number of pyridine rings is 1. The summed E-state index contributed by atoms with van der Waals surface area (Å²) in [5, 5.41) is 8.49. The van der Waals surface area contributed by atoms with Crippen molar-refractivity contribution in [2.45, 2.75) is 6.61 Å². The van der Waals surface area contributed by atoms with Gasteiger partial charge in [-0.1, -0.05) is 11.6 Å². The first-order valence-electron chi connectivity index (χ1n) is 5.37. The number of thiophene rings is 1. The monoisotopic (exact) mass is 295 g/mol. The van der Waals surface area contributed by atoms with Crippen LogP contribution in [0.5, 0.6) is 5.75 Å². The van der Waals surface area contributed by atoms with Crippen molar-refractivity contribution in [3.8, 4) is 5.75 Å². The second kappa shape index (κ2) is 6.36. The minimum absolute atomic E-state index is 0.434. The van der Waals surface area contributed by atoms with Gasteiger partial charge in [-0.15, -0.1) is 11.3 Å². The molecule has 98 valence electrons. The summed E-state index contributed by atoms with van der Waals surface area (Å²) in [4.78, 5) is 15.4. The van der Waals surface area contributed by atoms with Crippen molar-refractivity contribution in [2.75, 3.05) is 0 Å². The zero-order valence-corrected chi connectivity index (χ0v) is 11.3. The number of rotatable bonds is 5. The van der Waals surface area contributed by atoms with Crippen molar-refractivity contribution in [2.24, 2.45) is 0 Å². The molecular formula is C13H10ClNO3S. The van der Waals surface area contributed by atoms with E-state index in [1.54, 1.807) is 18.3 Å². The molecule has 6 heteroatoms. The molecule has 2 aromatic rings. The van der Waals surface area contributed by atoms with Gasteiger partial charge >= 0.3 is 5.97 Å². The summed E-state index contributed by atoms with van der Waals surface area (Å²) in [5.74, 6) is -0.381. The van der Waals surface area contributed by atoms with Crippen molar-refractivity contribution in [1.29, 1.82) is 0 Å². The standard InChI is InChI=1S/C13H10ClNO3S/c14-12-5-4-11(19-12)8-18-10-3-1-9(15-7-10)2-6-13(16)17/h1-7H,8H2,(H,16,17). The maximum atomic E-state index is 10.4. The first-order valence-corrected chi connectivity index (χ1v) is 6.57. The lowest BCUT2D eigenvalue weighted by Crippen LogP contribution is -1.94. The molecule has 4 nitrogen and oxygen atoms in total. The molecule has 0 fully saturated rings. The van der Waals surface area contributed by atoms with Gasteiger partial charge in [0.2, 0.25) is 0 Å². The number of hydrogen-bond acceptors (Lipinski definition) is 4. The van der Waals surface area contributed by atoms with E-state index in [4.69, 9.17) is 21.4 Å². The Morgan fingerprint density at radius 3 is 2.84 bits per heavy atom. The molecule has 0 radical (unpaired) electrons. The van der Waals surface area contributed by atoms with E-state index >= 15 is 0 Å². The van der Waals surface area contributed by atoms with Crippen molar-refractivity contribution in [3.63, 3.8) is 0 Å². The number of carbonyl (C=O) groups is 1. The third kappa shape index (κ3) is 4.39. The second-order valence-corrected chi connectivity index (χ2v) is 5.38. The molecular weight excluding hydrogens is 286 g/mol. The number of hydrogen-bond donors (Lipinski definition) is 1. The van der Waals surface area contributed by atoms with Crippen molar-refractivity contribution in [1.82, 2.24) is 4.98 Å². The van der Waals surface area contributed by atoms with E-state index in [0.29, 0.717) is 18.1 Å². The first kappa shape index (κ1) is 13.6. The molecule has 0 aliphatic heterocycles. The van der Waals surface area contributed by atoms with E-state index in [0.717, 1.165) is 15.3 Å². The Morgan fingerprint density at radius 1 is 1.42 bits per heavy atom. The summed E-state index contributed by atoms with van der Waals surface area (Å²) in [7, 11) is 0. The largest absolute Gasteiger partial charge is 0.486 e. The number of carboxylic acids is 1. The van der Waals surface area contributed by atoms with E-state index < -0.39 is 5.97 Å². The molecule has 0 atom stereocenters. The summed E-state index contributed by atoms with van der Waals surface area (Å²) in [6, 6.07) is 7.16. The van der Waals surface area contributed by atoms with Gasteiger partial charge in [-0.25, -0.2) is 4.79 Å². The van der Waals surface area contributed by atoms with Crippen molar-refractivity contribution >= 4 is 35.0 Å². The van der Waals surface area contributed by atoms with Crippen LogP contribution in [0.2, 0.25) is 4.34 Å². The van der Waals surface area contributed by atoms with Gasteiger partial charge in [0, 0.05) is 11.0 Å². The fourth-order valence-electron chi connectivity index (χ4n) is 1.32. The van der Waals surface area contributed by atoms with Crippen LogP contribution in [0.4, 0.5) is 0 Å². The smallest absolute Gasteiger partial charge is 0.328 e.